The van der Waals surface area contributed by atoms with E-state index >= 15 is 0 Å². The van der Waals surface area contributed by atoms with Crippen LogP contribution in [-0.4, -0.2) is 34.5 Å². The Balaban J connectivity index is 2.24. The minimum Gasteiger partial charge on any atom is -0.340 e. The molecule has 1 saturated heterocycles. The Bertz CT molecular complexity index is 459. The normalized spacial score (nSPS) is 24.0. The Kier molecular flexibility index (Phi) is 4.36. The Morgan fingerprint density at radius 3 is 2.74 bits per heavy atom. The van der Waals surface area contributed by atoms with E-state index in [0.717, 1.165) is 23.1 Å². The molecule has 2 rings (SSSR count). The topological polar surface area (TPSA) is 51.3 Å². The summed E-state index contributed by atoms with van der Waals surface area (Å²) in [6.07, 6.45) is 2.96. The van der Waals surface area contributed by atoms with Gasteiger partial charge in [0.1, 0.15) is 5.69 Å². The summed E-state index contributed by atoms with van der Waals surface area (Å²) < 4.78 is 2.95. The molecule has 106 valence electrons. The van der Waals surface area contributed by atoms with Crippen molar-refractivity contribution in [1.82, 2.24) is 9.47 Å². The van der Waals surface area contributed by atoms with Crippen molar-refractivity contribution in [3.05, 3.63) is 22.4 Å². The zero-order valence-corrected chi connectivity index (χ0v) is 13.4. The molecule has 1 aliphatic heterocycles. The summed E-state index contributed by atoms with van der Waals surface area (Å²) >= 11 is 3.45. The molecule has 2 atom stereocenters. The highest BCUT2D eigenvalue weighted by Crippen LogP contribution is 2.23. The van der Waals surface area contributed by atoms with Gasteiger partial charge in [-0.25, -0.2) is 0 Å². The minimum absolute atomic E-state index is 0.0846. The molecule has 19 heavy (non-hydrogen) atoms. The van der Waals surface area contributed by atoms with E-state index < -0.39 is 0 Å². The summed E-state index contributed by atoms with van der Waals surface area (Å²) in [6.45, 7) is 7.76. The smallest absolute Gasteiger partial charge is 0.270 e. The largest absolute Gasteiger partial charge is 0.340 e. The van der Waals surface area contributed by atoms with E-state index in [1.165, 1.54) is 0 Å². The highest BCUT2D eigenvalue weighted by Gasteiger charge is 2.28. The van der Waals surface area contributed by atoms with Crippen molar-refractivity contribution >= 4 is 21.8 Å². The van der Waals surface area contributed by atoms with Crippen LogP contribution < -0.4 is 5.73 Å². The monoisotopic (exact) mass is 327 g/mol. The second-order valence-corrected chi connectivity index (χ2v) is 6.77. The maximum absolute atomic E-state index is 12.7. The molecule has 2 N–H and O–H groups in total. The van der Waals surface area contributed by atoms with E-state index in [1.807, 2.05) is 21.7 Å². The number of hydrogen-bond acceptors (Lipinski definition) is 2. The molecule has 1 aromatic heterocycles. The quantitative estimate of drug-likeness (QED) is 0.907. The van der Waals surface area contributed by atoms with Gasteiger partial charge in [0.2, 0.25) is 0 Å². The average molecular weight is 328 g/mol. The molecule has 0 radical (unpaired) electrons. The molecule has 0 aliphatic carbocycles. The summed E-state index contributed by atoms with van der Waals surface area (Å²) in [6, 6.07) is 2.26. The molecular weight excluding hydrogens is 306 g/mol. The summed E-state index contributed by atoms with van der Waals surface area (Å²) in [5, 5.41) is 0. The fourth-order valence-electron chi connectivity index (χ4n) is 2.77. The van der Waals surface area contributed by atoms with Gasteiger partial charge in [0.05, 0.1) is 0 Å². The number of halogens is 1. The molecule has 0 saturated carbocycles. The number of nitrogens with zero attached hydrogens (tertiary/aromatic N) is 2. The molecule has 1 fully saturated rings. The summed E-state index contributed by atoms with van der Waals surface area (Å²) in [4.78, 5) is 14.5. The zero-order chi connectivity index (χ0) is 14.2. The number of carbonyl (C=O) groups is 1. The second kappa shape index (κ2) is 5.67. The van der Waals surface area contributed by atoms with Gasteiger partial charge in [-0.2, -0.15) is 0 Å². The Morgan fingerprint density at radius 2 is 2.16 bits per heavy atom. The van der Waals surface area contributed by atoms with Gasteiger partial charge in [0, 0.05) is 35.8 Å². The van der Waals surface area contributed by atoms with Gasteiger partial charge in [-0.05, 0) is 48.2 Å². The lowest BCUT2D eigenvalue weighted by atomic mass is 9.96. The summed E-state index contributed by atoms with van der Waals surface area (Å²) in [5.41, 5.74) is 6.76. The van der Waals surface area contributed by atoms with Crippen LogP contribution in [0.2, 0.25) is 0 Å². The highest BCUT2D eigenvalue weighted by molar-refractivity contribution is 9.10. The van der Waals surface area contributed by atoms with E-state index in [4.69, 9.17) is 5.73 Å². The predicted molar refractivity (Wildman–Crippen MR) is 80.2 cm³/mol. The van der Waals surface area contributed by atoms with Crippen molar-refractivity contribution in [3.8, 4) is 0 Å². The van der Waals surface area contributed by atoms with E-state index in [-0.39, 0.29) is 18.0 Å². The number of amides is 1. The Labute approximate surface area is 123 Å². The van der Waals surface area contributed by atoms with Gasteiger partial charge in [0.25, 0.3) is 5.91 Å². The number of rotatable bonds is 2. The average Bonchev–Trinajstić information content (AvgIpc) is 2.69. The van der Waals surface area contributed by atoms with Crippen molar-refractivity contribution in [1.29, 1.82) is 0 Å². The third-order valence-corrected chi connectivity index (χ3v) is 4.00. The molecular formula is C14H22BrN3O. The molecule has 2 heterocycles. The number of aromatic nitrogens is 1. The first-order valence-electron chi connectivity index (χ1n) is 6.80. The zero-order valence-electron chi connectivity index (χ0n) is 11.8. The Hall–Kier alpha value is -0.810. The molecule has 1 aromatic rings. The van der Waals surface area contributed by atoms with Crippen LogP contribution in [-0.2, 0) is 0 Å². The van der Waals surface area contributed by atoms with Crippen molar-refractivity contribution in [2.75, 3.05) is 13.1 Å². The first kappa shape index (κ1) is 14.6. The third kappa shape index (κ3) is 3.20. The van der Waals surface area contributed by atoms with Gasteiger partial charge in [-0.3, -0.25) is 4.79 Å². The number of hydrogen-bond donors (Lipinski definition) is 1. The molecule has 1 aliphatic rings. The number of nitrogens with two attached hydrogens (primary N) is 1. The van der Waals surface area contributed by atoms with Crippen molar-refractivity contribution in [2.45, 2.75) is 39.3 Å². The van der Waals surface area contributed by atoms with Crippen LogP contribution >= 0.6 is 15.9 Å². The lowest BCUT2D eigenvalue weighted by molar-refractivity contribution is 0.0648. The maximum atomic E-state index is 12.7. The van der Waals surface area contributed by atoms with Gasteiger partial charge >= 0.3 is 0 Å². The summed E-state index contributed by atoms with van der Waals surface area (Å²) in [7, 11) is 0. The minimum atomic E-state index is 0.0846. The van der Waals surface area contributed by atoms with Crippen LogP contribution in [0.15, 0.2) is 16.7 Å². The Morgan fingerprint density at radius 1 is 1.47 bits per heavy atom. The molecule has 5 heteroatoms. The van der Waals surface area contributed by atoms with Gasteiger partial charge in [0.15, 0.2) is 0 Å². The molecule has 0 spiro atoms. The van der Waals surface area contributed by atoms with Crippen LogP contribution in [0.25, 0.3) is 0 Å². The van der Waals surface area contributed by atoms with Crippen molar-refractivity contribution in [2.24, 2.45) is 11.7 Å². The standard InChI is InChI=1S/C14H22BrN3O/c1-9(2)18-7-11(15)5-13(18)14(19)17-6-10(3)4-12(16)8-17/h5,7,9-10,12H,4,6,8,16H2,1-3H3. The van der Waals surface area contributed by atoms with E-state index in [0.29, 0.717) is 12.5 Å². The molecule has 0 bridgehead atoms. The summed E-state index contributed by atoms with van der Waals surface area (Å²) in [5.74, 6) is 0.556. The van der Waals surface area contributed by atoms with Crippen LogP contribution in [0, 0.1) is 5.92 Å². The van der Waals surface area contributed by atoms with Crippen LogP contribution in [0.5, 0.6) is 0 Å². The second-order valence-electron chi connectivity index (χ2n) is 5.86. The van der Waals surface area contributed by atoms with E-state index in [9.17, 15) is 4.79 Å². The lowest BCUT2D eigenvalue weighted by Gasteiger charge is -2.35. The van der Waals surface area contributed by atoms with Crippen LogP contribution in [0.3, 0.4) is 0 Å². The fraction of sp³-hybridized carbons (Fsp3) is 0.643. The van der Waals surface area contributed by atoms with Crippen LogP contribution in [0.1, 0.15) is 43.7 Å². The first-order chi connectivity index (χ1) is 8.88. The highest BCUT2D eigenvalue weighted by atomic mass is 79.9. The predicted octanol–water partition coefficient (Wildman–Crippen LogP) is 2.64. The van der Waals surface area contributed by atoms with Crippen LogP contribution in [0.4, 0.5) is 0 Å². The fourth-order valence-corrected chi connectivity index (χ4v) is 3.21. The number of likely N-dealkylation sites (tertiary alicyclic amines) is 1. The maximum Gasteiger partial charge on any atom is 0.270 e. The van der Waals surface area contributed by atoms with E-state index in [2.05, 4.69) is 36.7 Å². The first-order valence-corrected chi connectivity index (χ1v) is 7.60. The molecule has 4 nitrogen and oxygen atoms in total. The van der Waals surface area contributed by atoms with Gasteiger partial charge < -0.3 is 15.2 Å². The number of carbonyl (C=O) groups excluding carboxylic acids is 1. The third-order valence-electron chi connectivity index (χ3n) is 3.57. The molecule has 1 amide bonds. The SMILES string of the molecule is CC1CC(N)CN(C(=O)c2cc(Br)cn2C(C)C)C1. The van der Waals surface area contributed by atoms with Crippen molar-refractivity contribution < 1.29 is 4.79 Å². The van der Waals surface area contributed by atoms with Crippen molar-refractivity contribution in [3.63, 3.8) is 0 Å². The van der Waals surface area contributed by atoms with E-state index in [1.54, 1.807) is 0 Å². The lowest BCUT2D eigenvalue weighted by Crippen LogP contribution is -2.49. The van der Waals surface area contributed by atoms with Gasteiger partial charge in [-0.15, -0.1) is 0 Å². The number of piperidine rings is 1. The molecule has 2 unspecified atom stereocenters. The molecule has 0 aromatic carbocycles. The van der Waals surface area contributed by atoms with Gasteiger partial charge in [-0.1, -0.05) is 6.92 Å².